The maximum Gasteiger partial charge on any atom is 0.0714 e. The topological polar surface area (TPSA) is 3.24 Å². The first-order valence-electron chi connectivity index (χ1n) is 23.9. The number of rotatable bonds is 7. The number of hydrogen-bond acceptors (Lipinski definition) is 1. The maximum absolute atomic E-state index is 2.51. The average Bonchev–Trinajstić information content (AvgIpc) is 3.59. The molecule has 0 aliphatic heterocycles. The van der Waals surface area contributed by atoms with Crippen LogP contribution in [-0.2, 0) is 27.1 Å². The fourth-order valence-corrected chi connectivity index (χ4v) is 10.1. The van der Waals surface area contributed by atoms with E-state index in [1.807, 2.05) is 0 Å². The Bertz CT molecular complexity index is 2940. The first-order valence-corrected chi connectivity index (χ1v) is 23.9. The van der Waals surface area contributed by atoms with E-state index in [2.05, 4.69) is 276 Å². The normalized spacial score (nSPS) is 13.6. The molecule has 0 heterocycles. The third-order valence-electron chi connectivity index (χ3n) is 14.0. The summed E-state index contributed by atoms with van der Waals surface area (Å²) in [6, 6.07) is 71.6. The van der Waals surface area contributed by atoms with E-state index in [-0.39, 0.29) is 21.7 Å². The van der Waals surface area contributed by atoms with Gasteiger partial charge in [-0.15, -0.1) is 0 Å². The van der Waals surface area contributed by atoms with Gasteiger partial charge in [-0.05, 0) is 124 Å². The van der Waals surface area contributed by atoms with E-state index >= 15 is 0 Å². The number of benzene rings is 8. The molecule has 0 saturated carbocycles. The van der Waals surface area contributed by atoms with Gasteiger partial charge in [-0.25, -0.2) is 0 Å². The Morgan fingerprint density at radius 1 is 0.303 bits per heavy atom. The van der Waals surface area contributed by atoms with Crippen molar-refractivity contribution >= 4 is 17.1 Å². The molecule has 9 rings (SSSR count). The van der Waals surface area contributed by atoms with E-state index in [1.165, 1.54) is 77.9 Å². The zero-order chi connectivity index (χ0) is 46.8. The molecule has 0 unspecified atom stereocenters. The zero-order valence-corrected chi connectivity index (χ0v) is 41.3. The minimum Gasteiger partial charge on any atom is -0.310 e. The van der Waals surface area contributed by atoms with Gasteiger partial charge in [-0.3, -0.25) is 0 Å². The lowest BCUT2D eigenvalue weighted by molar-refractivity contribution is 0.569. The summed E-state index contributed by atoms with van der Waals surface area (Å²) < 4.78 is 0. The van der Waals surface area contributed by atoms with Crippen LogP contribution < -0.4 is 4.90 Å². The fourth-order valence-electron chi connectivity index (χ4n) is 10.1. The Morgan fingerprint density at radius 3 is 1.33 bits per heavy atom. The predicted molar refractivity (Wildman–Crippen MR) is 284 cm³/mol. The molecule has 1 aliphatic rings. The summed E-state index contributed by atoms with van der Waals surface area (Å²) in [5.41, 5.74) is 20.7. The van der Waals surface area contributed by atoms with Crippen LogP contribution in [0.2, 0.25) is 0 Å². The summed E-state index contributed by atoms with van der Waals surface area (Å²) in [5, 5.41) is 0. The minimum absolute atomic E-state index is 0.00288. The molecule has 1 heteroatoms. The Morgan fingerprint density at radius 2 is 0.773 bits per heavy atom. The highest BCUT2D eigenvalue weighted by Crippen LogP contribution is 2.58. The van der Waals surface area contributed by atoms with E-state index in [4.69, 9.17) is 0 Å². The second-order valence-electron chi connectivity index (χ2n) is 22.7. The van der Waals surface area contributed by atoms with Crippen molar-refractivity contribution in [3.63, 3.8) is 0 Å². The number of para-hydroxylation sites is 1. The first kappa shape index (κ1) is 44.7. The van der Waals surface area contributed by atoms with Gasteiger partial charge in [-0.2, -0.15) is 0 Å². The monoisotopic (exact) mass is 862 g/mol. The number of anilines is 3. The summed E-state index contributed by atoms with van der Waals surface area (Å²) in [4.78, 5) is 2.50. The van der Waals surface area contributed by atoms with E-state index in [9.17, 15) is 0 Å². The molecule has 8 aromatic carbocycles. The van der Waals surface area contributed by atoms with Crippen LogP contribution >= 0.6 is 0 Å². The molecular weight excluding hydrogens is 795 g/mol. The van der Waals surface area contributed by atoms with Crippen molar-refractivity contribution in [3.05, 3.63) is 233 Å². The second kappa shape index (κ2) is 16.5. The molecule has 66 heavy (non-hydrogen) atoms. The van der Waals surface area contributed by atoms with Crippen molar-refractivity contribution in [1.82, 2.24) is 0 Å². The lowest BCUT2D eigenvalue weighted by Crippen LogP contribution is -2.29. The molecule has 0 fully saturated rings. The maximum atomic E-state index is 2.51. The van der Waals surface area contributed by atoms with E-state index in [1.54, 1.807) is 0 Å². The summed E-state index contributed by atoms with van der Waals surface area (Å²) in [5.74, 6) is 0. The van der Waals surface area contributed by atoms with Gasteiger partial charge < -0.3 is 4.90 Å². The molecular formula is C65H67N. The number of hydrogen-bond donors (Lipinski definition) is 0. The lowest BCUT2D eigenvalue weighted by atomic mass is 9.67. The van der Waals surface area contributed by atoms with Gasteiger partial charge in [0.25, 0.3) is 0 Å². The van der Waals surface area contributed by atoms with Gasteiger partial charge in [0.2, 0.25) is 0 Å². The van der Waals surface area contributed by atoms with Crippen molar-refractivity contribution in [2.45, 2.75) is 110 Å². The standard InChI is InChI=1S/C65H67N/c1-61(2,3)47-29-33-49(34-30-47)65(50-35-31-48(32-36-50)62(4,5)6)58-27-18-16-26-56(58)57-38-37-54(43-59(57)65)66(60-28-19-17-25-55(60)44-21-14-13-15-22-44)53-24-20-23-45(41-53)46-39-51(63(7,8)9)42-52(40-46)64(10,11)12/h13-43H,1-12H3. The van der Waals surface area contributed by atoms with E-state index in [0.29, 0.717) is 0 Å². The van der Waals surface area contributed by atoms with E-state index < -0.39 is 5.41 Å². The SMILES string of the molecule is CC(C)(C)c1ccc(C2(c3ccc(C(C)(C)C)cc3)c3ccccc3-c3ccc(N(c4cccc(-c5cc(C(C)(C)C)cc(C(C)(C)C)c5)c4)c4ccccc4-c4ccccc4)cc32)cc1. The van der Waals surface area contributed by atoms with Crippen LogP contribution in [0, 0.1) is 0 Å². The highest BCUT2D eigenvalue weighted by molar-refractivity contribution is 5.93. The molecule has 0 spiro atoms. The van der Waals surface area contributed by atoms with Crippen LogP contribution in [0.1, 0.15) is 128 Å². The molecule has 0 amide bonds. The van der Waals surface area contributed by atoms with Crippen LogP contribution in [0.4, 0.5) is 17.1 Å². The smallest absolute Gasteiger partial charge is 0.0714 e. The molecule has 0 radical (unpaired) electrons. The lowest BCUT2D eigenvalue weighted by Gasteiger charge is -2.36. The molecule has 332 valence electrons. The molecule has 8 aromatic rings. The van der Waals surface area contributed by atoms with Crippen LogP contribution in [-0.4, -0.2) is 0 Å². The quantitative estimate of drug-likeness (QED) is 0.154. The largest absolute Gasteiger partial charge is 0.310 e. The van der Waals surface area contributed by atoms with Crippen LogP contribution in [0.15, 0.2) is 188 Å². The van der Waals surface area contributed by atoms with Crippen LogP contribution in [0.3, 0.4) is 0 Å². The van der Waals surface area contributed by atoms with Crippen molar-refractivity contribution in [3.8, 4) is 33.4 Å². The molecule has 1 nitrogen and oxygen atoms in total. The summed E-state index contributed by atoms with van der Waals surface area (Å²) in [6.45, 7) is 27.7. The summed E-state index contributed by atoms with van der Waals surface area (Å²) in [6.07, 6.45) is 0. The predicted octanol–water partition coefficient (Wildman–Crippen LogP) is 18.0. The Balaban J connectivity index is 1.33. The summed E-state index contributed by atoms with van der Waals surface area (Å²) >= 11 is 0. The molecule has 0 saturated heterocycles. The average molecular weight is 862 g/mol. The van der Waals surface area contributed by atoms with Crippen LogP contribution in [0.25, 0.3) is 33.4 Å². The van der Waals surface area contributed by atoms with Gasteiger partial charge in [0.15, 0.2) is 0 Å². The Kier molecular flexibility index (Phi) is 11.2. The fraction of sp³-hybridized carbons (Fsp3) is 0.262. The number of nitrogens with zero attached hydrogens (tertiary/aromatic N) is 1. The summed E-state index contributed by atoms with van der Waals surface area (Å²) in [7, 11) is 0. The highest BCUT2D eigenvalue weighted by atomic mass is 15.1. The molecule has 0 N–H and O–H groups in total. The minimum atomic E-state index is -0.571. The molecule has 0 aromatic heterocycles. The highest BCUT2D eigenvalue weighted by Gasteiger charge is 2.46. The van der Waals surface area contributed by atoms with Gasteiger partial charge in [0.1, 0.15) is 0 Å². The van der Waals surface area contributed by atoms with Gasteiger partial charge in [0, 0.05) is 16.9 Å². The second-order valence-corrected chi connectivity index (χ2v) is 22.7. The number of fused-ring (bicyclic) bond motifs is 3. The first-order chi connectivity index (χ1) is 31.2. The Labute approximate surface area is 396 Å². The van der Waals surface area contributed by atoms with Crippen molar-refractivity contribution < 1.29 is 0 Å². The van der Waals surface area contributed by atoms with Gasteiger partial charge in [-0.1, -0.05) is 241 Å². The molecule has 0 bridgehead atoms. The van der Waals surface area contributed by atoms with Gasteiger partial charge in [0.05, 0.1) is 11.1 Å². The van der Waals surface area contributed by atoms with Crippen molar-refractivity contribution in [1.29, 1.82) is 0 Å². The van der Waals surface area contributed by atoms with Crippen molar-refractivity contribution in [2.75, 3.05) is 4.90 Å². The zero-order valence-electron chi connectivity index (χ0n) is 41.3. The molecule has 1 aliphatic carbocycles. The van der Waals surface area contributed by atoms with Crippen LogP contribution in [0.5, 0.6) is 0 Å². The Hall–Kier alpha value is -6.44. The molecule has 0 atom stereocenters. The van der Waals surface area contributed by atoms with E-state index in [0.717, 1.165) is 17.1 Å². The third kappa shape index (κ3) is 8.12. The third-order valence-corrected chi connectivity index (χ3v) is 14.0. The van der Waals surface area contributed by atoms with Gasteiger partial charge >= 0.3 is 0 Å². The van der Waals surface area contributed by atoms with Crippen molar-refractivity contribution in [2.24, 2.45) is 0 Å².